The Morgan fingerprint density at radius 1 is 1.07 bits per heavy atom. The standard InChI is InChI=1S/C12H12N2O/c1-10-3-5-11(6-4-10)9-15-12-13-7-2-8-14-12/h2-8H,9H2,1H3. The molecule has 0 unspecified atom stereocenters. The molecule has 0 N–H and O–H groups in total. The Kier molecular flexibility index (Phi) is 2.93. The van der Waals surface area contributed by atoms with Gasteiger partial charge in [0.15, 0.2) is 0 Å². The monoisotopic (exact) mass is 200 g/mol. The first-order valence-electron chi connectivity index (χ1n) is 4.80. The maximum Gasteiger partial charge on any atom is 0.316 e. The topological polar surface area (TPSA) is 35.0 Å². The van der Waals surface area contributed by atoms with Crippen molar-refractivity contribution in [2.45, 2.75) is 13.5 Å². The number of hydrogen-bond donors (Lipinski definition) is 0. The number of rotatable bonds is 3. The molecule has 0 fully saturated rings. The Bertz CT molecular complexity index is 411. The van der Waals surface area contributed by atoms with E-state index in [2.05, 4.69) is 29.0 Å². The number of aryl methyl sites for hydroxylation is 1. The van der Waals surface area contributed by atoms with Crippen LogP contribution in [0.25, 0.3) is 0 Å². The molecule has 0 aliphatic heterocycles. The second-order valence-corrected chi connectivity index (χ2v) is 3.31. The van der Waals surface area contributed by atoms with Crippen molar-refractivity contribution in [2.24, 2.45) is 0 Å². The predicted molar refractivity (Wildman–Crippen MR) is 57.5 cm³/mol. The van der Waals surface area contributed by atoms with E-state index in [9.17, 15) is 0 Å². The minimum Gasteiger partial charge on any atom is -0.459 e. The molecular formula is C12H12N2O. The molecule has 0 aliphatic rings. The van der Waals surface area contributed by atoms with Crippen molar-refractivity contribution >= 4 is 0 Å². The fourth-order valence-electron chi connectivity index (χ4n) is 1.19. The van der Waals surface area contributed by atoms with Gasteiger partial charge in [0.25, 0.3) is 0 Å². The molecule has 0 bridgehead atoms. The number of ether oxygens (including phenoxy) is 1. The van der Waals surface area contributed by atoms with Gasteiger partial charge in [0.1, 0.15) is 6.61 Å². The van der Waals surface area contributed by atoms with E-state index in [1.807, 2.05) is 12.1 Å². The Morgan fingerprint density at radius 2 is 1.73 bits per heavy atom. The summed E-state index contributed by atoms with van der Waals surface area (Å²) in [6.07, 6.45) is 3.33. The highest BCUT2D eigenvalue weighted by Crippen LogP contribution is 2.06. The van der Waals surface area contributed by atoms with Gasteiger partial charge in [-0.3, -0.25) is 0 Å². The Morgan fingerprint density at radius 3 is 2.40 bits per heavy atom. The largest absolute Gasteiger partial charge is 0.459 e. The molecule has 0 radical (unpaired) electrons. The van der Waals surface area contributed by atoms with E-state index in [4.69, 9.17) is 4.74 Å². The highest BCUT2D eigenvalue weighted by Gasteiger charge is 1.96. The zero-order valence-corrected chi connectivity index (χ0v) is 8.55. The normalized spacial score (nSPS) is 9.93. The van der Waals surface area contributed by atoms with E-state index in [0.29, 0.717) is 12.6 Å². The van der Waals surface area contributed by atoms with E-state index in [0.717, 1.165) is 5.56 Å². The molecule has 0 saturated carbocycles. The molecule has 0 saturated heterocycles. The van der Waals surface area contributed by atoms with Crippen molar-refractivity contribution < 1.29 is 4.74 Å². The number of nitrogens with zero attached hydrogens (tertiary/aromatic N) is 2. The predicted octanol–water partition coefficient (Wildman–Crippen LogP) is 2.36. The maximum atomic E-state index is 5.41. The van der Waals surface area contributed by atoms with Crippen LogP contribution in [0.4, 0.5) is 0 Å². The van der Waals surface area contributed by atoms with E-state index >= 15 is 0 Å². The lowest BCUT2D eigenvalue weighted by molar-refractivity contribution is 0.280. The summed E-state index contributed by atoms with van der Waals surface area (Å²) in [5.74, 6) is 0. The SMILES string of the molecule is Cc1ccc(COc2ncccn2)cc1. The molecule has 0 aliphatic carbocycles. The fraction of sp³-hybridized carbons (Fsp3) is 0.167. The Labute approximate surface area is 88.8 Å². The van der Waals surface area contributed by atoms with Crippen LogP contribution in [0.2, 0.25) is 0 Å². The van der Waals surface area contributed by atoms with Crippen molar-refractivity contribution in [3.05, 3.63) is 53.9 Å². The molecule has 2 rings (SSSR count). The van der Waals surface area contributed by atoms with Crippen LogP contribution in [0.15, 0.2) is 42.7 Å². The average molecular weight is 200 g/mol. The molecule has 3 heteroatoms. The van der Waals surface area contributed by atoms with Gasteiger partial charge in [-0.1, -0.05) is 29.8 Å². The second-order valence-electron chi connectivity index (χ2n) is 3.31. The summed E-state index contributed by atoms with van der Waals surface area (Å²) in [6, 6.07) is 10.4. The summed E-state index contributed by atoms with van der Waals surface area (Å²) < 4.78 is 5.41. The molecule has 1 heterocycles. The van der Waals surface area contributed by atoms with Gasteiger partial charge in [-0.05, 0) is 18.6 Å². The zero-order chi connectivity index (χ0) is 10.5. The van der Waals surface area contributed by atoms with E-state index in [1.54, 1.807) is 18.5 Å². The summed E-state index contributed by atoms with van der Waals surface area (Å²) in [4.78, 5) is 7.96. The van der Waals surface area contributed by atoms with Gasteiger partial charge in [0.2, 0.25) is 0 Å². The van der Waals surface area contributed by atoms with Gasteiger partial charge in [-0.25, -0.2) is 9.97 Å². The zero-order valence-electron chi connectivity index (χ0n) is 8.55. The molecule has 76 valence electrons. The molecule has 15 heavy (non-hydrogen) atoms. The first kappa shape index (κ1) is 9.65. The molecular weight excluding hydrogens is 188 g/mol. The second kappa shape index (κ2) is 4.55. The minimum absolute atomic E-state index is 0.415. The minimum atomic E-state index is 0.415. The van der Waals surface area contributed by atoms with E-state index < -0.39 is 0 Å². The van der Waals surface area contributed by atoms with Crippen LogP contribution in [0.1, 0.15) is 11.1 Å². The Balaban J connectivity index is 1.96. The van der Waals surface area contributed by atoms with E-state index in [-0.39, 0.29) is 0 Å². The number of benzene rings is 1. The van der Waals surface area contributed by atoms with Crippen LogP contribution in [-0.4, -0.2) is 9.97 Å². The lowest BCUT2D eigenvalue weighted by Gasteiger charge is -2.03. The molecule has 2 aromatic rings. The molecule has 0 amide bonds. The van der Waals surface area contributed by atoms with Gasteiger partial charge in [-0.15, -0.1) is 0 Å². The number of aromatic nitrogens is 2. The first-order valence-corrected chi connectivity index (χ1v) is 4.80. The summed E-state index contributed by atoms with van der Waals surface area (Å²) in [5, 5.41) is 0. The highest BCUT2D eigenvalue weighted by atomic mass is 16.5. The third kappa shape index (κ3) is 2.77. The van der Waals surface area contributed by atoms with Crippen molar-refractivity contribution in [2.75, 3.05) is 0 Å². The third-order valence-electron chi connectivity index (χ3n) is 2.03. The van der Waals surface area contributed by atoms with Crippen LogP contribution in [0.3, 0.4) is 0 Å². The average Bonchev–Trinajstić information content (AvgIpc) is 2.30. The lowest BCUT2D eigenvalue weighted by atomic mass is 10.2. The van der Waals surface area contributed by atoms with Gasteiger partial charge < -0.3 is 4.74 Å². The number of hydrogen-bond acceptors (Lipinski definition) is 3. The van der Waals surface area contributed by atoms with Crippen LogP contribution >= 0.6 is 0 Å². The summed E-state index contributed by atoms with van der Waals surface area (Å²) in [5.41, 5.74) is 2.36. The van der Waals surface area contributed by atoms with Crippen LogP contribution in [-0.2, 0) is 6.61 Å². The summed E-state index contributed by atoms with van der Waals surface area (Å²) >= 11 is 0. The molecule has 3 nitrogen and oxygen atoms in total. The van der Waals surface area contributed by atoms with Gasteiger partial charge in [0.05, 0.1) is 0 Å². The quantitative estimate of drug-likeness (QED) is 0.762. The van der Waals surface area contributed by atoms with Crippen molar-refractivity contribution in [3.63, 3.8) is 0 Å². The molecule has 0 atom stereocenters. The van der Waals surface area contributed by atoms with Crippen LogP contribution in [0, 0.1) is 6.92 Å². The molecule has 0 spiro atoms. The van der Waals surface area contributed by atoms with Crippen molar-refractivity contribution in [3.8, 4) is 6.01 Å². The van der Waals surface area contributed by atoms with Gasteiger partial charge in [0, 0.05) is 12.4 Å². The summed E-state index contributed by atoms with van der Waals surface area (Å²) in [7, 11) is 0. The fourth-order valence-corrected chi connectivity index (χ4v) is 1.19. The van der Waals surface area contributed by atoms with Crippen molar-refractivity contribution in [1.82, 2.24) is 9.97 Å². The first-order chi connectivity index (χ1) is 7.34. The van der Waals surface area contributed by atoms with Crippen molar-refractivity contribution in [1.29, 1.82) is 0 Å². The smallest absolute Gasteiger partial charge is 0.316 e. The highest BCUT2D eigenvalue weighted by molar-refractivity contribution is 5.20. The van der Waals surface area contributed by atoms with Crippen LogP contribution in [0.5, 0.6) is 6.01 Å². The van der Waals surface area contributed by atoms with Gasteiger partial charge >= 0.3 is 6.01 Å². The molecule has 1 aromatic carbocycles. The van der Waals surface area contributed by atoms with Crippen LogP contribution < -0.4 is 4.74 Å². The van der Waals surface area contributed by atoms with Gasteiger partial charge in [-0.2, -0.15) is 0 Å². The maximum absolute atomic E-state index is 5.41. The lowest BCUT2D eigenvalue weighted by Crippen LogP contribution is -1.98. The molecule has 1 aromatic heterocycles. The summed E-state index contributed by atoms with van der Waals surface area (Å²) in [6.45, 7) is 2.56. The Hall–Kier alpha value is -1.90. The van der Waals surface area contributed by atoms with E-state index in [1.165, 1.54) is 5.56 Å². The third-order valence-corrected chi connectivity index (χ3v) is 2.03.